The fourth-order valence-electron chi connectivity index (χ4n) is 0.685. The van der Waals surface area contributed by atoms with Crippen LogP contribution in [0.25, 0.3) is 0 Å². The molecule has 0 aliphatic rings. The van der Waals surface area contributed by atoms with E-state index in [4.69, 9.17) is 0 Å². The molecule has 0 bridgehead atoms. The van der Waals surface area contributed by atoms with E-state index in [1.165, 1.54) is 35.9 Å². The number of hydrogen-bond donors (Lipinski definition) is 0. The van der Waals surface area contributed by atoms with E-state index in [9.17, 15) is 0 Å². The zero-order valence-corrected chi connectivity index (χ0v) is 11.3. The van der Waals surface area contributed by atoms with Gasteiger partial charge in [0.05, 0.1) is 2.86 Å². The molecule has 0 aromatic carbocycles. The van der Waals surface area contributed by atoms with Crippen molar-refractivity contribution < 1.29 is 0 Å². The van der Waals surface area contributed by atoms with Crippen molar-refractivity contribution in [2.75, 3.05) is 0 Å². The molecule has 0 rings (SSSR count). The summed E-state index contributed by atoms with van der Waals surface area (Å²) in [5.41, 5.74) is 0. The molecular weight excluding hydrogens is 260 g/mol. The second-order valence-corrected chi connectivity index (χ2v) is 11.7. The highest BCUT2D eigenvalue weighted by atomic mass is 79.9. The van der Waals surface area contributed by atoms with Crippen LogP contribution in [0.5, 0.6) is 0 Å². The average Bonchev–Trinajstić information content (AvgIpc) is 1.63. The Labute approximate surface area is 77.5 Å². The summed E-state index contributed by atoms with van der Waals surface area (Å²) >= 11 is 7.17. The third-order valence-electron chi connectivity index (χ3n) is 1.22. The first-order chi connectivity index (χ1) is 4.06. The van der Waals surface area contributed by atoms with E-state index in [1.807, 2.05) is 0 Å². The lowest BCUT2D eigenvalue weighted by Crippen LogP contribution is -2.09. The van der Waals surface area contributed by atoms with Crippen LogP contribution in [0.3, 0.4) is 0 Å². The maximum absolute atomic E-state index is 3.59. The Morgan fingerprint density at radius 3 is 2.22 bits per heavy atom. The normalized spacial score (nSPS) is 12.3. The largest absolute Gasteiger partial charge is 0.0777 e. The van der Waals surface area contributed by atoms with E-state index in [-0.39, 0.29) is 0 Å². The van der Waals surface area contributed by atoms with Gasteiger partial charge in [0.15, 0.2) is 0 Å². The van der Waals surface area contributed by atoms with Crippen LogP contribution in [0, 0.1) is 0 Å². The molecule has 0 aromatic rings. The van der Waals surface area contributed by atoms with Gasteiger partial charge in [-0.3, -0.25) is 0 Å². The van der Waals surface area contributed by atoms with Crippen molar-refractivity contribution in [3.05, 3.63) is 0 Å². The quantitative estimate of drug-likeness (QED) is 0.419. The molecule has 0 aliphatic carbocycles. The first-order valence-corrected chi connectivity index (χ1v) is 6.02. The Morgan fingerprint density at radius 2 is 1.89 bits per heavy atom. The smallest absolute Gasteiger partial charge is 0.0618 e. The zero-order valence-electron chi connectivity index (χ0n) is 6.08. The second kappa shape index (κ2) is 4.91. The number of alkyl halides is 2. The van der Waals surface area contributed by atoms with E-state index in [0.717, 1.165) is 0 Å². The molecule has 0 saturated heterocycles. The predicted molar refractivity (Wildman–Crippen MR) is 54.7 cm³/mol. The summed E-state index contributed by atoms with van der Waals surface area (Å²) in [6, 6.07) is 0. The Balaban J connectivity index is 3.07. The molecule has 0 atom stereocenters. The van der Waals surface area contributed by atoms with Crippen LogP contribution < -0.4 is 0 Å². The summed E-state index contributed by atoms with van der Waals surface area (Å²) in [5, 5.41) is 0. The van der Waals surface area contributed by atoms with Gasteiger partial charge >= 0.3 is 0 Å². The molecular formula is C6H14Br2Si. The molecule has 0 nitrogen and oxygen atoms in total. The molecule has 0 spiro atoms. The molecule has 0 aliphatic heterocycles. The Hall–Kier alpha value is 1.18. The average molecular weight is 274 g/mol. The van der Waals surface area contributed by atoms with Gasteiger partial charge in [-0.2, -0.15) is 0 Å². The molecule has 0 heterocycles. The van der Waals surface area contributed by atoms with Crippen molar-refractivity contribution in [3.8, 4) is 0 Å². The van der Waals surface area contributed by atoms with Gasteiger partial charge in [0.2, 0.25) is 0 Å². The molecule has 0 N–H and O–H groups in total. The van der Waals surface area contributed by atoms with E-state index in [1.54, 1.807) is 0 Å². The maximum atomic E-state index is 3.59. The van der Waals surface area contributed by atoms with Crippen molar-refractivity contribution >= 4 is 42.1 Å². The molecule has 0 amide bonds. The van der Waals surface area contributed by atoms with Gasteiger partial charge in [0.25, 0.3) is 0 Å². The SMILES string of the molecule is CCCCCC([SiH3])(Br)Br. The van der Waals surface area contributed by atoms with E-state index < -0.39 is 0 Å². The topological polar surface area (TPSA) is 0 Å². The standard InChI is InChI=1S/C6H14Br2Si/c1-2-3-4-5-6(7,8)9/h2-5H2,1,9H3. The van der Waals surface area contributed by atoms with Crippen LogP contribution in [-0.4, -0.2) is 13.1 Å². The number of halogens is 2. The highest BCUT2D eigenvalue weighted by Gasteiger charge is 2.12. The van der Waals surface area contributed by atoms with Gasteiger partial charge in [0.1, 0.15) is 0 Å². The van der Waals surface area contributed by atoms with Crippen LogP contribution in [0.2, 0.25) is 0 Å². The lowest BCUT2D eigenvalue weighted by Gasteiger charge is -2.12. The summed E-state index contributed by atoms with van der Waals surface area (Å²) in [7, 11) is 1.18. The molecule has 56 valence electrons. The predicted octanol–water partition coefficient (Wildman–Crippen LogP) is 2.38. The highest BCUT2D eigenvalue weighted by Crippen LogP contribution is 2.27. The summed E-state index contributed by atoms with van der Waals surface area (Å²) in [6.07, 6.45) is 5.29. The third-order valence-corrected chi connectivity index (χ3v) is 2.51. The van der Waals surface area contributed by atoms with Crippen molar-refractivity contribution in [1.82, 2.24) is 0 Å². The molecule has 9 heavy (non-hydrogen) atoms. The fraction of sp³-hybridized carbons (Fsp3) is 1.00. The van der Waals surface area contributed by atoms with Gasteiger partial charge in [-0.25, -0.2) is 0 Å². The molecule has 0 radical (unpaired) electrons. The molecule has 0 unspecified atom stereocenters. The van der Waals surface area contributed by atoms with Gasteiger partial charge in [-0.05, 0) is 6.42 Å². The second-order valence-electron chi connectivity index (χ2n) is 2.53. The summed E-state index contributed by atoms with van der Waals surface area (Å²) in [6.45, 7) is 2.23. The van der Waals surface area contributed by atoms with E-state index >= 15 is 0 Å². The van der Waals surface area contributed by atoms with Crippen molar-refractivity contribution in [3.63, 3.8) is 0 Å². The lowest BCUT2D eigenvalue weighted by molar-refractivity contribution is 0.689. The van der Waals surface area contributed by atoms with Crippen molar-refractivity contribution in [2.45, 2.75) is 35.5 Å². The first kappa shape index (κ1) is 10.2. The fourth-order valence-corrected chi connectivity index (χ4v) is 1.60. The summed E-state index contributed by atoms with van der Waals surface area (Å²) in [5.74, 6) is 0. The molecule has 3 heteroatoms. The minimum Gasteiger partial charge on any atom is -0.0777 e. The van der Waals surface area contributed by atoms with Gasteiger partial charge in [0, 0.05) is 10.2 Å². The Morgan fingerprint density at radius 1 is 1.33 bits per heavy atom. The minimum absolute atomic E-state index is 0.315. The number of unbranched alkanes of at least 4 members (excludes halogenated alkanes) is 2. The summed E-state index contributed by atoms with van der Waals surface area (Å²) in [4.78, 5) is 0. The van der Waals surface area contributed by atoms with Crippen molar-refractivity contribution in [2.24, 2.45) is 0 Å². The lowest BCUT2D eigenvalue weighted by atomic mass is 10.2. The van der Waals surface area contributed by atoms with Crippen LogP contribution in [0.15, 0.2) is 0 Å². The van der Waals surface area contributed by atoms with E-state index in [2.05, 4.69) is 38.8 Å². The molecule has 0 aromatic heterocycles. The van der Waals surface area contributed by atoms with Gasteiger partial charge in [-0.15, -0.1) is 0 Å². The van der Waals surface area contributed by atoms with Crippen LogP contribution in [0.4, 0.5) is 0 Å². The van der Waals surface area contributed by atoms with Crippen molar-refractivity contribution in [1.29, 1.82) is 0 Å². The van der Waals surface area contributed by atoms with Gasteiger partial charge in [-0.1, -0.05) is 58.0 Å². The Kier molecular flexibility index (Phi) is 5.55. The van der Waals surface area contributed by atoms with Crippen LogP contribution in [-0.2, 0) is 0 Å². The van der Waals surface area contributed by atoms with E-state index in [0.29, 0.717) is 2.86 Å². The van der Waals surface area contributed by atoms with Crippen LogP contribution in [0.1, 0.15) is 32.6 Å². The third kappa shape index (κ3) is 9.18. The first-order valence-electron chi connectivity index (χ1n) is 3.44. The zero-order chi connectivity index (χ0) is 7.33. The minimum atomic E-state index is 0.315. The Bertz CT molecular complexity index is 67.9. The van der Waals surface area contributed by atoms with Crippen LogP contribution >= 0.6 is 31.9 Å². The molecule has 0 fully saturated rings. The monoisotopic (exact) mass is 272 g/mol. The highest BCUT2D eigenvalue weighted by molar-refractivity contribution is 9.26. The number of rotatable bonds is 4. The molecule has 0 saturated carbocycles. The van der Waals surface area contributed by atoms with Gasteiger partial charge < -0.3 is 0 Å². The number of hydrogen-bond acceptors (Lipinski definition) is 0. The summed E-state index contributed by atoms with van der Waals surface area (Å²) < 4.78 is 0.315. The maximum Gasteiger partial charge on any atom is 0.0618 e.